The Hall–Kier alpha value is -8.74. The van der Waals surface area contributed by atoms with Crippen LogP contribution in [-0.2, 0) is 5.41 Å². The minimum atomic E-state index is -0.287. The lowest BCUT2D eigenvalue weighted by Gasteiger charge is -2.41. The summed E-state index contributed by atoms with van der Waals surface area (Å²) < 4.78 is 13.7. The average Bonchev–Trinajstić information content (AvgIpc) is 3.40. The molecule has 0 amide bonds. The van der Waals surface area contributed by atoms with Crippen LogP contribution in [0.25, 0.3) is 11.1 Å². The van der Waals surface area contributed by atoms with Crippen molar-refractivity contribution in [2.75, 3.05) is 14.7 Å². The normalized spacial score (nSPS) is 13.4. The highest BCUT2D eigenvalue weighted by molar-refractivity contribution is 6.99. The van der Waals surface area contributed by atoms with Crippen LogP contribution >= 0.6 is 0 Å². The van der Waals surface area contributed by atoms with Crippen molar-refractivity contribution in [1.29, 1.82) is 0 Å². The van der Waals surface area contributed by atoms with Crippen molar-refractivity contribution in [3.63, 3.8) is 0 Å². The largest absolute Gasteiger partial charge is 0.458 e. The maximum Gasteiger partial charge on any atom is 0.256 e. The van der Waals surface area contributed by atoms with Crippen LogP contribution < -0.4 is 40.6 Å². The van der Waals surface area contributed by atoms with Gasteiger partial charge in [-0.2, -0.15) is 0 Å². The molecule has 0 saturated carbocycles. The maximum absolute atomic E-state index is 7.12. The van der Waals surface area contributed by atoms with E-state index in [1.807, 2.05) is 6.07 Å². The van der Waals surface area contributed by atoms with Crippen molar-refractivity contribution in [3.05, 3.63) is 254 Å². The number of para-hydroxylation sites is 4. The lowest BCUT2D eigenvalue weighted by molar-refractivity contribution is 0.418. The van der Waals surface area contributed by atoms with Crippen LogP contribution in [-0.4, -0.2) is 6.71 Å². The molecule has 5 nitrogen and oxygen atoms in total. The van der Waals surface area contributed by atoms with Crippen LogP contribution in [0.3, 0.4) is 0 Å². The van der Waals surface area contributed by atoms with Gasteiger partial charge in [-0.1, -0.05) is 147 Å². The molecule has 0 bridgehead atoms. The highest BCUT2D eigenvalue weighted by Crippen LogP contribution is 2.51. The molecular formula is C63H46BN3O2. The molecule has 0 N–H and O–H groups in total. The van der Waals surface area contributed by atoms with Crippen molar-refractivity contribution in [3.8, 4) is 34.1 Å². The van der Waals surface area contributed by atoms with E-state index in [9.17, 15) is 0 Å². The second-order valence-corrected chi connectivity index (χ2v) is 18.5. The third kappa shape index (κ3) is 6.78. The van der Waals surface area contributed by atoms with E-state index in [1.54, 1.807) is 0 Å². The number of benzene rings is 10. The Kier molecular flexibility index (Phi) is 9.55. The summed E-state index contributed by atoms with van der Waals surface area (Å²) in [7, 11) is 0. The maximum atomic E-state index is 7.12. The molecule has 3 heterocycles. The van der Waals surface area contributed by atoms with Crippen LogP contribution in [0.4, 0.5) is 51.2 Å². The van der Waals surface area contributed by atoms with Crippen molar-refractivity contribution in [1.82, 2.24) is 0 Å². The molecule has 0 saturated heterocycles. The molecule has 10 aromatic carbocycles. The Balaban J connectivity index is 0.969. The molecule has 6 heteroatoms. The van der Waals surface area contributed by atoms with Gasteiger partial charge in [0.15, 0.2) is 0 Å². The predicted octanol–water partition coefficient (Wildman–Crippen LogP) is 15.1. The van der Waals surface area contributed by atoms with Crippen LogP contribution in [0.2, 0.25) is 0 Å². The Bertz CT molecular complexity index is 3510. The van der Waals surface area contributed by atoms with Gasteiger partial charge in [0, 0.05) is 73.8 Å². The van der Waals surface area contributed by atoms with Crippen molar-refractivity contribution < 1.29 is 9.47 Å². The highest BCUT2D eigenvalue weighted by atomic mass is 16.5. The Morgan fingerprint density at radius 1 is 0.362 bits per heavy atom. The van der Waals surface area contributed by atoms with Crippen molar-refractivity contribution in [2.24, 2.45) is 0 Å². The summed E-state index contributed by atoms with van der Waals surface area (Å²) in [4.78, 5) is 7.10. The topological polar surface area (TPSA) is 28.2 Å². The summed E-state index contributed by atoms with van der Waals surface area (Å²) in [5, 5.41) is 0. The smallest absolute Gasteiger partial charge is 0.256 e. The first-order valence-electron chi connectivity index (χ1n) is 23.7. The van der Waals surface area contributed by atoms with Crippen LogP contribution in [0.5, 0.6) is 23.0 Å². The van der Waals surface area contributed by atoms with E-state index in [1.165, 1.54) is 16.6 Å². The van der Waals surface area contributed by atoms with Gasteiger partial charge < -0.3 is 24.2 Å². The summed E-state index contributed by atoms with van der Waals surface area (Å²) in [5.41, 5.74) is 17.5. The average molecular weight is 888 g/mol. The number of rotatable bonds is 8. The van der Waals surface area contributed by atoms with E-state index in [2.05, 4.69) is 265 Å². The number of anilines is 9. The monoisotopic (exact) mass is 887 g/mol. The van der Waals surface area contributed by atoms with E-state index in [0.29, 0.717) is 0 Å². The van der Waals surface area contributed by atoms with Crippen LogP contribution in [0.15, 0.2) is 243 Å². The molecule has 328 valence electrons. The molecule has 0 radical (unpaired) electrons. The lowest BCUT2D eigenvalue weighted by Crippen LogP contribution is -2.59. The van der Waals surface area contributed by atoms with Gasteiger partial charge in [-0.25, -0.2) is 0 Å². The van der Waals surface area contributed by atoms with Gasteiger partial charge in [-0.3, -0.25) is 0 Å². The van der Waals surface area contributed by atoms with Gasteiger partial charge in [0.05, 0.1) is 0 Å². The molecule has 10 aromatic rings. The summed E-state index contributed by atoms with van der Waals surface area (Å²) in [6.07, 6.45) is 0. The third-order valence-corrected chi connectivity index (χ3v) is 14.1. The molecule has 0 aromatic heterocycles. The molecule has 69 heavy (non-hydrogen) atoms. The number of hydrogen-bond donors (Lipinski definition) is 0. The summed E-state index contributed by atoms with van der Waals surface area (Å²) >= 11 is 0. The minimum absolute atomic E-state index is 0.0831. The summed E-state index contributed by atoms with van der Waals surface area (Å²) in [5.74, 6) is 3.48. The fraction of sp³-hybridized carbons (Fsp3) is 0.0476. The first kappa shape index (κ1) is 40.5. The third-order valence-electron chi connectivity index (χ3n) is 14.1. The molecule has 0 atom stereocenters. The van der Waals surface area contributed by atoms with E-state index in [-0.39, 0.29) is 12.1 Å². The van der Waals surface area contributed by atoms with Gasteiger partial charge in [-0.05, 0) is 131 Å². The zero-order valence-corrected chi connectivity index (χ0v) is 38.3. The molecule has 3 aliphatic heterocycles. The zero-order valence-electron chi connectivity index (χ0n) is 38.3. The quantitative estimate of drug-likeness (QED) is 0.142. The Labute approximate surface area is 403 Å². The number of ether oxygens (including phenoxy) is 2. The van der Waals surface area contributed by atoms with Crippen molar-refractivity contribution >= 4 is 74.3 Å². The Morgan fingerprint density at radius 2 is 0.870 bits per heavy atom. The second kappa shape index (κ2) is 16.3. The predicted molar refractivity (Wildman–Crippen MR) is 286 cm³/mol. The fourth-order valence-corrected chi connectivity index (χ4v) is 10.8. The Morgan fingerprint density at radius 3 is 1.59 bits per heavy atom. The van der Waals surface area contributed by atoms with Gasteiger partial charge in [0.2, 0.25) is 0 Å². The highest BCUT2D eigenvalue weighted by Gasteiger charge is 2.42. The second-order valence-electron chi connectivity index (χ2n) is 18.5. The van der Waals surface area contributed by atoms with Gasteiger partial charge in [-0.15, -0.1) is 0 Å². The number of hydrogen-bond acceptors (Lipinski definition) is 5. The standard InChI is InChI=1S/C63H46BN3O2/c1-63(2)52-26-15-16-28-58(52)68-59-39-36-49(40-53(59)63)66(48-32-30-44(31-33-48)43-18-7-3-8-19-43)51-35-38-55-61(42-51)69-60-29-17-27-56-62(60)64(55)54-37-34-50(41-57(54)67(56)47-24-13-6-14-25-47)65(45-20-9-4-10-21-45)46-22-11-5-12-23-46/h3-42H,1-2H3. The summed E-state index contributed by atoms with van der Waals surface area (Å²) in [6, 6.07) is 86.6. The van der Waals surface area contributed by atoms with E-state index < -0.39 is 0 Å². The van der Waals surface area contributed by atoms with Gasteiger partial charge in [0.25, 0.3) is 6.71 Å². The van der Waals surface area contributed by atoms with E-state index in [4.69, 9.17) is 9.47 Å². The first-order chi connectivity index (χ1) is 34.0. The lowest BCUT2D eigenvalue weighted by atomic mass is 9.34. The molecule has 13 rings (SSSR count). The van der Waals surface area contributed by atoms with E-state index >= 15 is 0 Å². The summed E-state index contributed by atoms with van der Waals surface area (Å²) in [6.45, 7) is 4.50. The van der Waals surface area contributed by atoms with Gasteiger partial charge >= 0.3 is 0 Å². The number of fused-ring (bicyclic) bond motifs is 6. The SMILES string of the molecule is CC1(C)c2ccccc2Oc2ccc(N(c3ccc(-c4ccccc4)cc3)c3ccc4c(c3)Oc3cccc5c3B4c3ccc(N(c4ccccc4)c4ccccc4)cc3N5c3ccccc3)cc21. The first-order valence-corrected chi connectivity index (χ1v) is 23.7. The molecule has 3 aliphatic rings. The minimum Gasteiger partial charge on any atom is -0.458 e. The number of nitrogens with zero attached hydrogens (tertiary/aromatic N) is 3. The zero-order chi connectivity index (χ0) is 46.1. The van der Waals surface area contributed by atoms with Gasteiger partial charge in [0.1, 0.15) is 23.0 Å². The molecule has 0 unspecified atom stereocenters. The molecule has 0 aliphatic carbocycles. The molecular weight excluding hydrogens is 842 g/mol. The molecule has 0 spiro atoms. The van der Waals surface area contributed by atoms with Crippen LogP contribution in [0, 0.1) is 0 Å². The fourth-order valence-electron chi connectivity index (χ4n) is 10.8. The van der Waals surface area contributed by atoms with E-state index in [0.717, 1.165) is 96.2 Å². The van der Waals surface area contributed by atoms with Crippen LogP contribution in [0.1, 0.15) is 25.0 Å². The van der Waals surface area contributed by atoms with Crippen molar-refractivity contribution in [2.45, 2.75) is 19.3 Å². The molecule has 0 fully saturated rings.